The van der Waals surface area contributed by atoms with Crippen LogP contribution in [0.4, 0.5) is 5.95 Å². The average Bonchev–Trinajstić information content (AvgIpc) is 3.37. The van der Waals surface area contributed by atoms with E-state index in [0.717, 1.165) is 27.7 Å². The molecule has 1 aliphatic heterocycles. The highest BCUT2D eigenvalue weighted by atomic mass is 32.1. The molecule has 0 aliphatic carbocycles. The number of hydrogen-bond donors (Lipinski definition) is 2. The van der Waals surface area contributed by atoms with Crippen LogP contribution in [-0.4, -0.2) is 20.1 Å². The molecule has 6 heteroatoms. The SMILES string of the molecule is CC(C)c1c(-c2c[nH]c3ccc(-c4ccsc4)cc23)nc2n(c1=O)CC(C)(C)N2. The van der Waals surface area contributed by atoms with Crippen LogP contribution < -0.4 is 10.9 Å². The first kappa shape index (κ1) is 18.2. The van der Waals surface area contributed by atoms with Gasteiger partial charge in [-0.15, -0.1) is 0 Å². The van der Waals surface area contributed by atoms with E-state index in [0.29, 0.717) is 12.5 Å². The van der Waals surface area contributed by atoms with E-state index in [1.54, 1.807) is 15.9 Å². The molecule has 0 saturated heterocycles. The molecule has 5 rings (SSSR count). The predicted octanol–water partition coefficient (Wildman–Crippen LogP) is 5.45. The number of fused-ring (bicyclic) bond motifs is 2. The van der Waals surface area contributed by atoms with Crippen LogP contribution in [0.5, 0.6) is 0 Å². The molecule has 2 N–H and O–H groups in total. The summed E-state index contributed by atoms with van der Waals surface area (Å²) in [5.41, 5.74) is 5.82. The van der Waals surface area contributed by atoms with Gasteiger partial charge in [-0.25, -0.2) is 4.98 Å². The fourth-order valence-electron chi connectivity index (χ4n) is 4.20. The van der Waals surface area contributed by atoms with Crippen LogP contribution in [0, 0.1) is 0 Å². The molecule has 4 heterocycles. The van der Waals surface area contributed by atoms with Crippen LogP contribution in [0.25, 0.3) is 33.3 Å². The lowest BCUT2D eigenvalue weighted by atomic mass is 9.96. The van der Waals surface area contributed by atoms with Crippen molar-refractivity contribution < 1.29 is 0 Å². The fraction of sp³-hybridized carbons (Fsp3) is 0.304. The third kappa shape index (κ3) is 2.90. The second kappa shape index (κ2) is 6.32. The predicted molar refractivity (Wildman–Crippen MR) is 121 cm³/mol. The van der Waals surface area contributed by atoms with E-state index in [4.69, 9.17) is 4.98 Å². The van der Waals surface area contributed by atoms with Gasteiger partial charge in [-0.1, -0.05) is 19.9 Å². The van der Waals surface area contributed by atoms with E-state index in [-0.39, 0.29) is 17.0 Å². The van der Waals surface area contributed by atoms with Crippen molar-refractivity contribution in [2.75, 3.05) is 5.32 Å². The van der Waals surface area contributed by atoms with Crippen LogP contribution in [0.3, 0.4) is 0 Å². The van der Waals surface area contributed by atoms with Crippen LogP contribution >= 0.6 is 11.3 Å². The standard InChI is InChI=1S/C23H24N4OS/c1-13(2)19-20(25-22-26-23(3,4)12-27(22)21(19)28)17-10-24-18-6-5-14(9-16(17)18)15-7-8-29-11-15/h5-11,13,24H,12H2,1-4H3,(H,25,26). The van der Waals surface area contributed by atoms with Gasteiger partial charge in [0.25, 0.3) is 5.56 Å². The maximum atomic E-state index is 13.4. The fourth-order valence-corrected chi connectivity index (χ4v) is 4.86. The Hall–Kier alpha value is -2.86. The second-order valence-electron chi connectivity index (χ2n) is 8.73. The van der Waals surface area contributed by atoms with Crippen molar-refractivity contribution in [2.24, 2.45) is 0 Å². The number of nitrogens with zero attached hydrogens (tertiary/aromatic N) is 2. The maximum Gasteiger partial charge on any atom is 0.259 e. The second-order valence-corrected chi connectivity index (χ2v) is 9.51. The Bertz CT molecular complexity index is 1280. The van der Waals surface area contributed by atoms with Gasteiger partial charge in [-0.3, -0.25) is 9.36 Å². The Kier molecular flexibility index (Phi) is 3.96. The molecule has 29 heavy (non-hydrogen) atoms. The van der Waals surface area contributed by atoms with Crippen molar-refractivity contribution in [1.29, 1.82) is 0 Å². The zero-order chi connectivity index (χ0) is 20.3. The summed E-state index contributed by atoms with van der Waals surface area (Å²) in [6, 6.07) is 8.55. The number of rotatable bonds is 3. The van der Waals surface area contributed by atoms with Gasteiger partial charge in [0, 0.05) is 28.2 Å². The number of H-pyrrole nitrogens is 1. The lowest BCUT2D eigenvalue weighted by Gasteiger charge is -2.15. The summed E-state index contributed by atoms with van der Waals surface area (Å²) in [4.78, 5) is 21.7. The number of aromatic amines is 1. The Morgan fingerprint density at radius 2 is 2.03 bits per heavy atom. The molecular weight excluding hydrogens is 380 g/mol. The molecule has 1 aromatic carbocycles. The molecule has 0 radical (unpaired) electrons. The average molecular weight is 405 g/mol. The highest BCUT2D eigenvalue weighted by Crippen LogP contribution is 2.36. The number of aromatic nitrogens is 3. The van der Waals surface area contributed by atoms with E-state index >= 15 is 0 Å². The lowest BCUT2D eigenvalue weighted by Crippen LogP contribution is -2.30. The van der Waals surface area contributed by atoms with E-state index in [9.17, 15) is 4.79 Å². The van der Waals surface area contributed by atoms with E-state index in [1.165, 1.54) is 11.1 Å². The van der Waals surface area contributed by atoms with Gasteiger partial charge in [-0.2, -0.15) is 11.3 Å². The first-order valence-corrected chi connectivity index (χ1v) is 10.9. The number of anilines is 1. The summed E-state index contributed by atoms with van der Waals surface area (Å²) in [5.74, 6) is 0.735. The van der Waals surface area contributed by atoms with E-state index in [1.807, 2.05) is 6.20 Å². The maximum absolute atomic E-state index is 13.4. The van der Waals surface area contributed by atoms with Gasteiger partial charge in [-0.05, 0) is 59.9 Å². The van der Waals surface area contributed by atoms with Crippen LogP contribution in [0.2, 0.25) is 0 Å². The zero-order valence-electron chi connectivity index (χ0n) is 17.0. The van der Waals surface area contributed by atoms with Crippen LogP contribution in [0.1, 0.15) is 39.2 Å². The van der Waals surface area contributed by atoms with Crippen LogP contribution in [-0.2, 0) is 6.54 Å². The first-order chi connectivity index (χ1) is 13.8. The first-order valence-electron chi connectivity index (χ1n) is 9.91. The summed E-state index contributed by atoms with van der Waals surface area (Å²) in [5, 5.41) is 8.74. The molecule has 0 amide bonds. The van der Waals surface area contributed by atoms with Crippen molar-refractivity contribution >= 4 is 28.2 Å². The number of benzene rings is 1. The third-order valence-corrected chi connectivity index (χ3v) is 6.26. The molecular formula is C23H24N4OS. The summed E-state index contributed by atoms with van der Waals surface area (Å²) in [6.45, 7) is 8.94. The summed E-state index contributed by atoms with van der Waals surface area (Å²) >= 11 is 1.69. The largest absolute Gasteiger partial charge is 0.360 e. The number of hydrogen-bond acceptors (Lipinski definition) is 4. The molecule has 3 aromatic heterocycles. The molecule has 0 atom stereocenters. The number of nitrogens with one attached hydrogen (secondary N) is 2. The molecule has 5 nitrogen and oxygen atoms in total. The van der Waals surface area contributed by atoms with Crippen molar-refractivity contribution in [3.63, 3.8) is 0 Å². The topological polar surface area (TPSA) is 62.7 Å². The molecule has 0 bridgehead atoms. The highest BCUT2D eigenvalue weighted by Gasteiger charge is 2.32. The summed E-state index contributed by atoms with van der Waals surface area (Å²) in [7, 11) is 0. The Labute approximate surface area is 173 Å². The molecule has 4 aromatic rings. The molecule has 148 valence electrons. The highest BCUT2D eigenvalue weighted by molar-refractivity contribution is 7.08. The van der Waals surface area contributed by atoms with Gasteiger partial charge < -0.3 is 10.3 Å². The molecule has 0 saturated carbocycles. The minimum atomic E-state index is -0.182. The van der Waals surface area contributed by atoms with E-state index in [2.05, 4.69) is 73.0 Å². The molecule has 0 fully saturated rings. The molecule has 0 unspecified atom stereocenters. The summed E-state index contributed by atoms with van der Waals surface area (Å²) < 4.78 is 1.78. The monoisotopic (exact) mass is 404 g/mol. The zero-order valence-corrected chi connectivity index (χ0v) is 17.9. The minimum Gasteiger partial charge on any atom is -0.360 e. The van der Waals surface area contributed by atoms with Gasteiger partial charge in [0.2, 0.25) is 5.95 Å². The van der Waals surface area contributed by atoms with Crippen molar-refractivity contribution in [2.45, 2.75) is 45.7 Å². The molecule has 0 spiro atoms. The Morgan fingerprint density at radius 3 is 2.76 bits per heavy atom. The van der Waals surface area contributed by atoms with Gasteiger partial charge in [0.15, 0.2) is 0 Å². The van der Waals surface area contributed by atoms with Gasteiger partial charge in [0.1, 0.15) is 0 Å². The third-order valence-electron chi connectivity index (χ3n) is 5.58. The van der Waals surface area contributed by atoms with E-state index < -0.39 is 0 Å². The minimum absolute atomic E-state index is 0.0569. The Morgan fingerprint density at radius 1 is 1.21 bits per heavy atom. The van der Waals surface area contributed by atoms with Crippen molar-refractivity contribution in [3.05, 3.63) is 57.1 Å². The normalized spacial score (nSPS) is 15.1. The number of thiophene rings is 1. The van der Waals surface area contributed by atoms with Crippen molar-refractivity contribution in [3.8, 4) is 22.4 Å². The molecule has 1 aliphatic rings. The Balaban J connectivity index is 1.76. The van der Waals surface area contributed by atoms with Crippen molar-refractivity contribution in [1.82, 2.24) is 14.5 Å². The van der Waals surface area contributed by atoms with Crippen LogP contribution in [0.15, 0.2) is 46.0 Å². The quantitative estimate of drug-likeness (QED) is 0.477. The lowest BCUT2D eigenvalue weighted by molar-refractivity contribution is 0.515. The summed E-state index contributed by atoms with van der Waals surface area (Å²) in [6.07, 6.45) is 1.98. The van der Waals surface area contributed by atoms with Gasteiger partial charge >= 0.3 is 0 Å². The van der Waals surface area contributed by atoms with Gasteiger partial charge in [0.05, 0.1) is 17.8 Å². The smallest absolute Gasteiger partial charge is 0.259 e.